The van der Waals surface area contributed by atoms with Crippen LogP contribution in [0.1, 0.15) is 31.1 Å². The molecule has 0 aliphatic heterocycles. The summed E-state index contributed by atoms with van der Waals surface area (Å²) in [4.78, 5) is 23.6. The minimum absolute atomic E-state index is 0.0642. The Hall–Kier alpha value is -1.89. The van der Waals surface area contributed by atoms with Gasteiger partial charge < -0.3 is 10.6 Å². The summed E-state index contributed by atoms with van der Waals surface area (Å²) in [5.41, 5.74) is -0.181. The van der Waals surface area contributed by atoms with Gasteiger partial charge >= 0.3 is 0 Å². The van der Waals surface area contributed by atoms with Crippen LogP contribution in [0.5, 0.6) is 0 Å². The molecule has 6 nitrogen and oxygen atoms in total. The molecule has 0 unspecified atom stereocenters. The van der Waals surface area contributed by atoms with Crippen molar-refractivity contribution in [3.63, 3.8) is 0 Å². The summed E-state index contributed by atoms with van der Waals surface area (Å²) in [5, 5.41) is 5.17. The number of amides is 2. The van der Waals surface area contributed by atoms with Crippen molar-refractivity contribution in [2.24, 2.45) is 0 Å². The van der Waals surface area contributed by atoms with Gasteiger partial charge in [0, 0.05) is 17.4 Å². The van der Waals surface area contributed by atoms with Gasteiger partial charge in [0.2, 0.25) is 5.91 Å². The Kier molecular flexibility index (Phi) is 5.11. The lowest BCUT2D eigenvalue weighted by molar-refractivity contribution is -0.121. The molecule has 1 rings (SSSR count). The van der Waals surface area contributed by atoms with E-state index in [-0.39, 0.29) is 28.4 Å². The van der Waals surface area contributed by atoms with Crippen LogP contribution >= 0.6 is 0 Å². The molecule has 21 heavy (non-hydrogen) atoms. The van der Waals surface area contributed by atoms with Crippen molar-refractivity contribution in [3.05, 3.63) is 29.8 Å². The van der Waals surface area contributed by atoms with E-state index < -0.39 is 15.7 Å². The van der Waals surface area contributed by atoms with Crippen LogP contribution in [-0.2, 0) is 14.6 Å². The molecule has 0 atom stereocenters. The van der Waals surface area contributed by atoms with Crippen LogP contribution in [0, 0.1) is 0 Å². The molecular weight excluding hydrogens is 292 g/mol. The number of nitrogens with one attached hydrogen (secondary N) is 2. The maximum atomic E-state index is 11.9. The number of sulfone groups is 1. The van der Waals surface area contributed by atoms with Crippen LogP contribution in [0.3, 0.4) is 0 Å². The number of benzene rings is 1. The van der Waals surface area contributed by atoms with Crippen LogP contribution in [-0.4, -0.2) is 38.6 Å². The Labute approximate surface area is 124 Å². The van der Waals surface area contributed by atoms with Crippen LogP contribution in [0.15, 0.2) is 29.2 Å². The SMILES string of the molecule is CC(C)(C)NC(=O)CNC(=O)c1cccc(S(C)(=O)=O)c1. The molecule has 116 valence electrons. The molecular formula is C14H20N2O4S. The highest BCUT2D eigenvalue weighted by molar-refractivity contribution is 7.90. The van der Waals surface area contributed by atoms with Gasteiger partial charge in [0.15, 0.2) is 9.84 Å². The summed E-state index contributed by atoms with van der Waals surface area (Å²) in [5.74, 6) is -0.806. The number of hydrogen-bond donors (Lipinski definition) is 2. The zero-order valence-corrected chi connectivity index (χ0v) is 13.4. The Morgan fingerprint density at radius 2 is 1.81 bits per heavy atom. The molecule has 0 heterocycles. The second-order valence-electron chi connectivity index (χ2n) is 5.78. The minimum atomic E-state index is -3.37. The van der Waals surface area contributed by atoms with E-state index in [4.69, 9.17) is 0 Å². The first-order chi connectivity index (χ1) is 9.49. The maximum Gasteiger partial charge on any atom is 0.251 e. The first-order valence-electron chi connectivity index (χ1n) is 6.38. The number of carbonyl (C=O) groups excluding carboxylic acids is 2. The lowest BCUT2D eigenvalue weighted by Gasteiger charge is -2.20. The van der Waals surface area contributed by atoms with Gasteiger partial charge in [-0.15, -0.1) is 0 Å². The molecule has 0 saturated heterocycles. The molecule has 0 fully saturated rings. The van der Waals surface area contributed by atoms with Crippen molar-refractivity contribution in [1.82, 2.24) is 10.6 Å². The van der Waals surface area contributed by atoms with Crippen molar-refractivity contribution in [2.75, 3.05) is 12.8 Å². The van der Waals surface area contributed by atoms with Crippen molar-refractivity contribution >= 4 is 21.7 Å². The molecule has 0 spiro atoms. The minimum Gasteiger partial charge on any atom is -0.350 e. The summed E-state index contributed by atoms with van der Waals surface area (Å²) in [6.07, 6.45) is 1.07. The standard InChI is InChI=1S/C14H20N2O4S/c1-14(2,3)16-12(17)9-15-13(18)10-6-5-7-11(8-10)21(4,19)20/h5-8H,9H2,1-4H3,(H,15,18)(H,16,17). The van der Waals surface area contributed by atoms with E-state index in [1.165, 1.54) is 24.3 Å². The summed E-state index contributed by atoms with van der Waals surface area (Å²) in [6.45, 7) is 5.34. The summed E-state index contributed by atoms with van der Waals surface area (Å²) in [6, 6.07) is 5.68. The molecule has 2 amide bonds. The van der Waals surface area contributed by atoms with Gasteiger partial charge in [-0.25, -0.2) is 8.42 Å². The molecule has 1 aromatic rings. The third-order valence-electron chi connectivity index (χ3n) is 2.45. The normalized spacial score (nSPS) is 11.8. The van der Waals surface area contributed by atoms with E-state index in [0.29, 0.717) is 0 Å². The average molecular weight is 312 g/mol. The predicted molar refractivity (Wildman–Crippen MR) is 79.8 cm³/mol. The van der Waals surface area contributed by atoms with Crippen LogP contribution in [0.4, 0.5) is 0 Å². The van der Waals surface area contributed by atoms with Gasteiger partial charge in [-0.1, -0.05) is 6.07 Å². The lowest BCUT2D eigenvalue weighted by Crippen LogP contribution is -2.45. The zero-order chi connectivity index (χ0) is 16.3. The smallest absolute Gasteiger partial charge is 0.251 e. The van der Waals surface area contributed by atoms with Gasteiger partial charge in [-0.2, -0.15) is 0 Å². The Morgan fingerprint density at radius 3 is 2.33 bits per heavy atom. The fourth-order valence-corrected chi connectivity index (χ4v) is 2.26. The van der Waals surface area contributed by atoms with Gasteiger partial charge in [0.25, 0.3) is 5.91 Å². The Balaban J connectivity index is 2.71. The highest BCUT2D eigenvalue weighted by atomic mass is 32.2. The highest BCUT2D eigenvalue weighted by Gasteiger charge is 2.15. The van der Waals surface area contributed by atoms with E-state index in [1.807, 2.05) is 20.8 Å². The molecule has 0 radical (unpaired) electrons. The molecule has 0 aromatic heterocycles. The molecule has 0 bridgehead atoms. The number of hydrogen-bond acceptors (Lipinski definition) is 4. The zero-order valence-electron chi connectivity index (χ0n) is 12.6. The van der Waals surface area contributed by atoms with Gasteiger partial charge in [0.1, 0.15) is 0 Å². The molecule has 0 aliphatic rings. The summed E-state index contributed by atoms with van der Waals surface area (Å²) >= 11 is 0. The summed E-state index contributed by atoms with van der Waals surface area (Å²) < 4.78 is 22.9. The van der Waals surface area contributed by atoms with E-state index in [2.05, 4.69) is 10.6 Å². The third kappa shape index (κ3) is 5.95. The largest absolute Gasteiger partial charge is 0.350 e. The molecule has 0 aliphatic carbocycles. The number of carbonyl (C=O) groups is 2. The predicted octanol–water partition coefficient (Wildman–Crippen LogP) is 0.735. The number of rotatable bonds is 4. The third-order valence-corrected chi connectivity index (χ3v) is 3.56. The second kappa shape index (κ2) is 6.26. The lowest BCUT2D eigenvalue weighted by atomic mass is 10.1. The quantitative estimate of drug-likeness (QED) is 0.857. The first kappa shape index (κ1) is 17.2. The van der Waals surface area contributed by atoms with E-state index >= 15 is 0 Å². The summed E-state index contributed by atoms with van der Waals surface area (Å²) in [7, 11) is -3.37. The van der Waals surface area contributed by atoms with E-state index in [0.717, 1.165) is 6.26 Å². The fourth-order valence-electron chi connectivity index (χ4n) is 1.59. The molecule has 1 aromatic carbocycles. The Morgan fingerprint density at radius 1 is 1.19 bits per heavy atom. The molecule has 2 N–H and O–H groups in total. The van der Waals surface area contributed by atoms with Crippen molar-refractivity contribution in [3.8, 4) is 0 Å². The van der Waals surface area contributed by atoms with Crippen LogP contribution < -0.4 is 10.6 Å². The molecule has 7 heteroatoms. The highest BCUT2D eigenvalue weighted by Crippen LogP contribution is 2.11. The Bertz CT molecular complexity index is 645. The van der Waals surface area contributed by atoms with Gasteiger partial charge in [0.05, 0.1) is 11.4 Å². The topological polar surface area (TPSA) is 92.3 Å². The van der Waals surface area contributed by atoms with Crippen molar-refractivity contribution in [2.45, 2.75) is 31.2 Å². The second-order valence-corrected chi connectivity index (χ2v) is 7.80. The van der Waals surface area contributed by atoms with E-state index in [9.17, 15) is 18.0 Å². The fraction of sp³-hybridized carbons (Fsp3) is 0.429. The monoisotopic (exact) mass is 312 g/mol. The average Bonchev–Trinajstić information content (AvgIpc) is 2.33. The van der Waals surface area contributed by atoms with Crippen LogP contribution in [0.25, 0.3) is 0 Å². The van der Waals surface area contributed by atoms with Crippen molar-refractivity contribution < 1.29 is 18.0 Å². The van der Waals surface area contributed by atoms with Gasteiger partial charge in [-0.3, -0.25) is 9.59 Å². The van der Waals surface area contributed by atoms with E-state index in [1.54, 1.807) is 0 Å². The van der Waals surface area contributed by atoms with Crippen molar-refractivity contribution in [1.29, 1.82) is 0 Å². The van der Waals surface area contributed by atoms with Gasteiger partial charge in [-0.05, 0) is 39.0 Å². The molecule has 0 saturated carbocycles. The first-order valence-corrected chi connectivity index (χ1v) is 8.27. The maximum absolute atomic E-state index is 11.9. The van der Waals surface area contributed by atoms with Crippen LogP contribution in [0.2, 0.25) is 0 Å².